The van der Waals surface area contributed by atoms with Crippen molar-refractivity contribution in [2.75, 3.05) is 18.4 Å². The molecule has 1 aliphatic heterocycles. The number of nitrogens with zero attached hydrogens (tertiary/aromatic N) is 3. The van der Waals surface area contributed by atoms with Gasteiger partial charge >= 0.3 is 0 Å². The molecule has 0 aliphatic carbocycles. The van der Waals surface area contributed by atoms with Crippen LogP contribution in [0.5, 0.6) is 0 Å². The fourth-order valence-corrected chi connectivity index (χ4v) is 3.62. The van der Waals surface area contributed by atoms with Gasteiger partial charge in [0.25, 0.3) is 5.91 Å². The van der Waals surface area contributed by atoms with Crippen LogP contribution in [0.4, 0.5) is 10.1 Å². The molecule has 2 heterocycles. The van der Waals surface area contributed by atoms with Gasteiger partial charge in [0.05, 0.1) is 0 Å². The van der Waals surface area contributed by atoms with Crippen LogP contribution < -0.4 is 5.32 Å². The van der Waals surface area contributed by atoms with Gasteiger partial charge in [0.1, 0.15) is 5.82 Å². The lowest BCUT2D eigenvalue weighted by Crippen LogP contribution is -2.41. The monoisotopic (exact) mass is 422 g/mol. The van der Waals surface area contributed by atoms with Crippen LogP contribution in [0, 0.1) is 25.6 Å². The molecular formula is C23H23FN4O3. The summed E-state index contributed by atoms with van der Waals surface area (Å²) in [4.78, 5) is 31.3. The van der Waals surface area contributed by atoms with Crippen LogP contribution in [0.3, 0.4) is 0 Å². The first-order chi connectivity index (χ1) is 14.9. The molecule has 1 aliphatic rings. The maximum absolute atomic E-state index is 13.7. The molecule has 0 saturated carbocycles. The summed E-state index contributed by atoms with van der Waals surface area (Å²) in [6.45, 7) is 4.38. The Morgan fingerprint density at radius 3 is 2.42 bits per heavy atom. The maximum Gasteiger partial charge on any atom is 0.253 e. The Bertz CT molecular complexity index is 1100. The number of halogens is 1. The third-order valence-electron chi connectivity index (χ3n) is 5.51. The van der Waals surface area contributed by atoms with Crippen LogP contribution >= 0.6 is 0 Å². The second-order valence-electron chi connectivity index (χ2n) is 7.73. The second-order valence-corrected chi connectivity index (χ2v) is 7.73. The van der Waals surface area contributed by atoms with E-state index in [4.69, 9.17) is 4.52 Å². The van der Waals surface area contributed by atoms with Crippen molar-refractivity contribution in [3.8, 4) is 11.4 Å². The van der Waals surface area contributed by atoms with Crippen molar-refractivity contribution in [2.45, 2.75) is 26.7 Å². The standard InChI is InChI=1S/C23H23FN4O3/c1-14-3-8-19(13-20(14)24)26-22(29)17-9-11-28(12-10-17)23(30)18-6-4-16(5-7-18)21-25-15(2)31-27-21/h3-8,13,17H,9-12H2,1-2H3,(H,26,29). The van der Waals surface area contributed by atoms with E-state index in [1.165, 1.54) is 6.07 Å². The summed E-state index contributed by atoms with van der Waals surface area (Å²) >= 11 is 0. The van der Waals surface area contributed by atoms with Crippen molar-refractivity contribution in [1.82, 2.24) is 15.0 Å². The van der Waals surface area contributed by atoms with Gasteiger partial charge in [0.2, 0.25) is 17.6 Å². The zero-order valence-electron chi connectivity index (χ0n) is 17.4. The smallest absolute Gasteiger partial charge is 0.253 e. The van der Waals surface area contributed by atoms with Gasteiger partial charge in [0, 0.05) is 42.7 Å². The van der Waals surface area contributed by atoms with Crippen LogP contribution in [-0.2, 0) is 4.79 Å². The number of piperidine rings is 1. The van der Waals surface area contributed by atoms with Crippen molar-refractivity contribution >= 4 is 17.5 Å². The van der Waals surface area contributed by atoms with Crippen LogP contribution in [0.25, 0.3) is 11.4 Å². The van der Waals surface area contributed by atoms with Crippen molar-refractivity contribution in [2.24, 2.45) is 5.92 Å². The number of aromatic nitrogens is 2. The minimum atomic E-state index is -0.348. The molecule has 0 unspecified atom stereocenters. The fraction of sp³-hybridized carbons (Fsp3) is 0.304. The molecule has 1 saturated heterocycles. The Kier molecular flexibility index (Phi) is 5.79. The molecule has 7 nitrogen and oxygen atoms in total. The van der Waals surface area contributed by atoms with E-state index in [1.807, 2.05) is 0 Å². The van der Waals surface area contributed by atoms with Crippen LogP contribution in [-0.4, -0.2) is 39.9 Å². The molecule has 1 fully saturated rings. The molecule has 0 atom stereocenters. The number of carbonyl (C=O) groups is 2. The van der Waals surface area contributed by atoms with Crippen molar-refractivity contribution < 1.29 is 18.5 Å². The van der Waals surface area contributed by atoms with Gasteiger partial charge in [-0.1, -0.05) is 23.4 Å². The zero-order valence-corrected chi connectivity index (χ0v) is 17.4. The van der Waals surface area contributed by atoms with Crippen LogP contribution in [0.2, 0.25) is 0 Å². The number of amides is 2. The normalized spacial score (nSPS) is 14.5. The van der Waals surface area contributed by atoms with Gasteiger partial charge in [-0.05, 0) is 49.6 Å². The number of hydrogen-bond acceptors (Lipinski definition) is 5. The topological polar surface area (TPSA) is 88.3 Å². The molecule has 4 rings (SSSR count). The predicted molar refractivity (Wildman–Crippen MR) is 113 cm³/mol. The highest BCUT2D eigenvalue weighted by Gasteiger charge is 2.28. The molecule has 0 bridgehead atoms. The first-order valence-electron chi connectivity index (χ1n) is 10.2. The highest BCUT2D eigenvalue weighted by molar-refractivity contribution is 5.95. The van der Waals surface area contributed by atoms with E-state index in [2.05, 4.69) is 15.5 Å². The first kappa shape index (κ1) is 20.7. The highest BCUT2D eigenvalue weighted by Crippen LogP contribution is 2.23. The molecule has 3 aromatic rings. The van der Waals surface area contributed by atoms with E-state index in [1.54, 1.807) is 55.1 Å². The summed E-state index contributed by atoms with van der Waals surface area (Å²) in [5.41, 5.74) is 2.33. The average Bonchev–Trinajstić information content (AvgIpc) is 3.22. The molecular weight excluding hydrogens is 399 g/mol. The van der Waals surface area contributed by atoms with Crippen molar-refractivity contribution in [1.29, 1.82) is 0 Å². The number of anilines is 1. The molecule has 0 radical (unpaired) electrons. The number of hydrogen-bond donors (Lipinski definition) is 1. The number of carbonyl (C=O) groups excluding carboxylic acids is 2. The van der Waals surface area contributed by atoms with E-state index in [0.29, 0.717) is 54.5 Å². The lowest BCUT2D eigenvalue weighted by Gasteiger charge is -2.31. The third kappa shape index (κ3) is 4.63. The Labute approximate surface area is 179 Å². The molecule has 1 N–H and O–H groups in total. The van der Waals surface area contributed by atoms with Gasteiger partial charge in [-0.25, -0.2) is 4.39 Å². The maximum atomic E-state index is 13.7. The van der Waals surface area contributed by atoms with E-state index in [9.17, 15) is 14.0 Å². The number of aryl methyl sites for hydroxylation is 2. The van der Waals surface area contributed by atoms with E-state index in [0.717, 1.165) is 5.56 Å². The molecule has 2 amide bonds. The molecule has 2 aromatic carbocycles. The summed E-state index contributed by atoms with van der Waals surface area (Å²) in [5.74, 6) is 0.188. The van der Waals surface area contributed by atoms with Gasteiger partial charge in [0.15, 0.2) is 0 Å². The van der Waals surface area contributed by atoms with Gasteiger partial charge < -0.3 is 14.7 Å². The quantitative estimate of drug-likeness (QED) is 0.687. The SMILES string of the molecule is Cc1nc(-c2ccc(C(=O)N3CCC(C(=O)Nc4ccc(C)c(F)c4)CC3)cc2)no1. The van der Waals surface area contributed by atoms with Crippen LogP contribution in [0.15, 0.2) is 47.0 Å². The average molecular weight is 422 g/mol. The third-order valence-corrected chi connectivity index (χ3v) is 5.51. The summed E-state index contributed by atoms with van der Waals surface area (Å²) < 4.78 is 18.7. The van der Waals surface area contributed by atoms with Crippen molar-refractivity contribution in [3.63, 3.8) is 0 Å². The summed E-state index contributed by atoms with van der Waals surface area (Å²) in [5, 5.41) is 6.65. The lowest BCUT2D eigenvalue weighted by atomic mass is 9.95. The Hall–Kier alpha value is -3.55. The lowest BCUT2D eigenvalue weighted by molar-refractivity contribution is -0.121. The van der Waals surface area contributed by atoms with Gasteiger partial charge in [-0.15, -0.1) is 0 Å². The summed E-state index contributed by atoms with van der Waals surface area (Å²) in [7, 11) is 0. The Morgan fingerprint density at radius 2 is 1.81 bits per heavy atom. The first-order valence-corrected chi connectivity index (χ1v) is 10.2. The minimum Gasteiger partial charge on any atom is -0.339 e. The summed E-state index contributed by atoms with van der Waals surface area (Å²) in [6.07, 6.45) is 1.12. The molecule has 1 aromatic heterocycles. The molecule has 31 heavy (non-hydrogen) atoms. The van der Waals surface area contributed by atoms with Gasteiger partial charge in [-0.3, -0.25) is 9.59 Å². The van der Waals surface area contributed by atoms with Crippen molar-refractivity contribution in [3.05, 3.63) is 65.3 Å². The molecule has 160 valence electrons. The minimum absolute atomic E-state index is 0.0738. The van der Waals surface area contributed by atoms with E-state index >= 15 is 0 Å². The van der Waals surface area contributed by atoms with E-state index < -0.39 is 0 Å². The van der Waals surface area contributed by atoms with Gasteiger partial charge in [-0.2, -0.15) is 4.98 Å². The second kappa shape index (κ2) is 8.67. The zero-order chi connectivity index (χ0) is 22.0. The number of likely N-dealkylation sites (tertiary alicyclic amines) is 1. The Morgan fingerprint density at radius 1 is 1.10 bits per heavy atom. The molecule has 8 heteroatoms. The number of nitrogens with one attached hydrogen (secondary N) is 1. The number of benzene rings is 2. The predicted octanol–water partition coefficient (Wildman–Crippen LogP) is 3.98. The summed E-state index contributed by atoms with van der Waals surface area (Å²) in [6, 6.07) is 11.7. The highest BCUT2D eigenvalue weighted by atomic mass is 19.1. The number of rotatable bonds is 4. The largest absolute Gasteiger partial charge is 0.339 e. The fourth-order valence-electron chi connectivity index (χ4n) is 3.62. The van der Waals surface area contributed by atoms with E-state index in [-0.39, 0.29) is 23.5 Å². The van der Waals surface area contributed by atoms with Crippen LogP contribution in [0.1, 0.15) is 34.7 Å². The molecule has 0 spiro atoms. The Balaban J connectivity index is 1.33.